The average molecular weight is 281 g/mol. The minimum absolute atomic E-state index is 0.262. The normalized spacial score (nSPS) is 10.8. The predicted molar refractivity (Wildman–Crippen MR) is 81.6 cm³/mol. The fourth-order valence-electron chi connectivity index (χ4n) is 2.24. The molecule has 21 heavy (non-hydrogen) atoms. The van der Waals surface area contributed by atoms with Crippen molar-refractivity contribution in [2.75, 3.05) is 0 Å². The minimum atomic E-state index is -0.262. The second kappa shape index (κ2) is 5.50. The van der Waals surface area contributed by atoms with E-state index in [1.54, 1.807) is 16.8 Å². The van der Waals surface area contributed by atoms with Crippen molar-refractivity contribution >= 4 is 0 Å². The Morgan fingerprint density at radius 1 is 1.05 bits per heavy atom. The van der Waals surface area contributed by atoms with E-state index < -0.39 is 0 Å². The van der Waals surface area contributed by atoms with Gasteiger partial charge in [-0.1, -0.05) is 29.8 Å². The lowest BCUT2D eigenvalue weighted by Gasteiger charge is -2.08. The molecule has 3 aromatic rings. The summed E-state index contributed by atoms with van der Waals surface area (Å²) in [7, 11) is 0. The second-order valence-corrected chi connectivity index (χ2v) is 4.98. The summed E-state index contributed by atoms with van der Waals surface area (Å²) in [4.78, 5) is 0. The van der Waals surface area contributed by atoms with E-state index in [0.717, 1.165) is 22.6 Å². The molecule has 2 N–H and O–H groups in total. The van der Waals surface area contributed by atoms with Crippen LogP contribution in [0, 0.1) is 12.7 Å². The van der Waals surface area contributed by atoms with Gasteiger partial charge in [0.1, 0.15) is 5.82 Å². The molecule has 106 valence electrons. The molecule has 0 atom stereocenters. The van der Waals surface area contributed by atoms with Crippen molar-refractivity contribution < 1.29 is 4.39 Å². The summed E-state index contributed by atoms with van der Waals surface area (Å²) < 4.78 is 14.9. The summed E-state index contributed by atoms with van der Waals surface area (Å²) in [6.07, 6.45) is 0. The van der Waals surface area contributed by atoms with Gasteiger partial charge in [-0.05, 0) is 37.3 Å². The summed E-state index contributed by atoms with van der Waals surface area (Å²) >= 11 is 0. The Bertz CT molecular complexity index is 680. The second-order valence-electron chi connectivity index (χ2n) is 4.98. The Morgan fingerprint density at radius 3 is 2.33 bits per heavy atom. The van der Waals surface area contributed by atoms with Crippen molar-refractivity contribution in [3.8, 4) is 16.9 Å². The Balaban J connectivity index is 2.13. The third kappa shape index (κ3) is 2.71. The SMILES string of the molecule is Cc1ccc(-c2cc(CN)nn2-c2ccc(F)cc2)cc1. The van der Waals surface area contributed by atoms with Crippen molar-refractivity contribution in [3.63, 3.8) is 0 Å². The maximum Gasteiger partial charge on any atom is 0.123 e. The van der Waals surface area contributed by atoms with E-state index >= 15 is 0 Å². The molecule has 1 aromatic heterocycles. The Kier molecular flexibility index (Phi) is 3.54. The fourth-order valence-corrected chi connectivity index (χ4v) is 2.24. The number of nitrogens with two attached hydrogens (primary N) is 1. The largest absolute Gasteiger partial charge is 0.325 e. The third-order valence-electron chi connectivity index (χ3n) is 3.39. The van der Waals surface area contributed by atoms with Crippen molar-refractivity contribution in [2.24, 2.45) is 5.73 Å². The lowest BCUT2D eigenvalue weighted by Crippen LogP contribution is -2.02. The maximum absolute atomic E-state index is 13.1. The Morgan fingerprint density at radius 2 is 1.71 bits per heavy atom. The fraction of sp³-hybridized carbons (Fsp3) is 0.118. The molecule has 0 unspecified atom stereocenters. The number of hydrogen-bond acceptors (Lipinski definition) is 2. The zero-order valence-electron chi connectivity index (χ0n) is 11.8. The maximum atomic E-state index is 13.1. The van der Waals surface area contributed by atoms with E-state index in [9.17, 15) is 4.39 Å². The molecule has 0 amide bonds. The third-order valence-corrected chi connectivity index (χ3v) is 3.39. The minimum Gasteiger partial charge on any atom is -0.325 e. The molecule has 0 spiro atoms. The highest BCUT2D eigenvalue weighted by atomic mass is 19.1. The number of aryl methyl sites for hydroxylation is 1. The molecular formula is C17H16FN3. The van der Waals surface area contributed by atoms with Gasteiger partial charge in [0.05, 0.1) is 17.1 Å². The van der Waals surface area contributed by atoms with Crippen LogP contribution in [-0.2, 0) is 6.54 Å². The highest BCUT2D eigenvalue weighted by molar-refractivity contribution is 5.63. The lowest BCUT2D eigenvalue weighted by atomic mass is 10.1. The molecule has 0 aliphatic heterocycles. The number of benzene rings is 2. The van der Waals surface area contributed by atoms with Crippen LogP contribution >= 0.6 is 0 Å². The summed E-state index contributed by atoms with van der Waals surface area (Å²) in [6.45, 7) is 2.42. The van der Waals surface area contributed by atoms with Crippen LogP contribution in [0.2, 0.25) is 0 Å². The summed E-state index contributed by atoms with van der Waals surface area (Å²) in [5.74, 6) is -0.262. The number of halogens is 1. The van der Waals surface area contributed by atoms with E-state index in [-0.39, 0.29) is 5.82 Å². The van der Waals surface area contributed by atoms with Crippen LogP contribution in [0.4, 0.5) is 4.39 Å². The van der Waals surface area contributed by atoms with E-state index in [1.807, 2.05) is 25.1 Å². The number of hydrogen-bond donors (Lipinski definition) is 1. The molecule has 0 aliphatic carbocycles. The van der Waals surface area contributed by atoms with Crippen molar-refractivity contribution in [2.45, 2.75) is 13.5 Å². The predicted octanol–water partition coefficient (Wildman–Crippen LogP) is 3.45. The average Bonchev–Trinajstić information content (AvgIpc) is 2.93. The molecule has 0 radical (unpaired) electrons. The van der Waals surface area contributed by atoms with Gasteiger partial charge in [-0.15, -0.1) is 0 Å². The highest BCUT2D eigenvalue weighted by Gasteiger charge is 2.11. The quantitative estimate of drug-likeness (QED) is 0.799. The van der Waals surface area contributed by atoms with Gasteiger partial charge in [0, 0.05) is 12.1 Å². The monoisotopic (exact) mass is 281 g/mol. The van der Waals surface area contributed by atoms with Gasteiger partial charge >= 0.3 is 0 Å². The molecule has 4 heteroatoms. The number of rotatable bonds is 3. The van der Waals surface area contributed by atoms with E-state index in [2.05, 4.69) is 17.2 Å². The summed E-state index contributed by atoms with van der Waals surface area (Å²) in [5, 5.41) is 4.50. The first kappa shape index (κ1) is 13.5. The summed E-state index contributed by atoms with van der Waals surface area (Å²) in [6, 6.07) is 16.4. The topological polar surface area (TPSA) is 43.8 Å². The number of nitrogens with zero attached hydrogens (tertiary/aromatic N) is 2. The van der Waals surface area contributed by atoms with Crippen LogP contribution in [0.1, 0.15) is 11.3 Å². The van der Waals surface area contributed by atoms with Crippen LogP contribution in [0.3, 0.4) is 0 Å². The molecule has 0 aliphatic rings. The molecule has 3 nitrogen and oxygen atoms in total. The van der Waals surface area contributed by atoms with E-state index in [4.69, 9.17) is 5.73 Å². The molecule has 0 saturated carbocycles. The molecule has 0 fully saturated rings. The van der Waals surface area contributed by atoms with Gasteiger partial charge in [0.25, 0.3) is 0 Å². The van der Waals surface area contributed by atoms with Gasteiger partial charge < -0.3 is 5.73 Å². The van der Waals surface area contributed by atoms with Gasteiger partial charge in [-0.3, -0.25) is 0 Å². The van der Waals surface area contributed by atoms with Crippen LogP contribution in [0.25, 0.3) is 16.9 Å². The Labute approximate surface area is 122 Å². The smallest absolute Gasteiger partial charge is 0.123 e. The van der Waals surface area contributed by atoms with Crippen LogP contribution in [-0.4, -0.2) is 9.78 Å². The highest BCUT2D eigenvalue weighted by Crippen LogP contribution is 2.24. The first-order valence-corrected chi connectivity index (χ1v) is 6.79. The van der Waals surface area contributed by atoms with E-state index in [1.165, 1.54) is 17.7 Å². The molecule has 0 saturated heterocycles. The van der Waals surface area contributed by atoms with Crippen molar-refractivity contribution in [1.29, 1.82) is 0 Å². The standard InChI is InChI=1S/C17H16FN3/c1-12-2-4-13(5-3-12)17-10-15(11-19)20-21(17)16-8-6-14(18)7-9-16/h2-10H,11,19H2,1H3. The first-order valence-electron chi connectivity index (χ1n) is 6.79. The van der Waals surface area contributed by atoms with Crippen LogP contribution in [0.15, 0.2) is 54.6 Å². The van der Waals surface area contributed by atoms with Gasteiger partial charge in [-0.2, -0.15) is 5.10 Å². The van der Waals surface area contributed by atoms with Crippen LogP contribution < -0.4 is 5.73 Å². The van der Waals surface area contributed by atoms with Crippen LogP contribution in [0.5, 0.6) is 0 Å². The van der Waals surface area contributed by atoms with Gasteiger partial charge in [0.15, 0.2) is 0 Å². The van der Waals surface area contributed by atoms with Crippen molar-refractivity contribution in [3.05, 3.63) is 71.7 Å². The first-order chi connectivity index (χ1) is 10.2. The van der Waals surface area contributed by atoms with Gasteiger partial charge in [0.2, 0.25) is 0 Å². The molecule has 2 aromatic carbocycles. The lowest BCUT2D eigenvalue weighted by molar-refractivity contribution is 0.627. The molecule has 0 bridgehead atoms. The molecule has 3 rings (SSSR count). The zero-order valence-corrected chi connectivity index (χ0v) is 11.8. The Hall–Kier alpha value is -2.46. The van der Waals surface area contributed by atoms with Crippen molar-refractivity contribution in [1.82, 2.24) is 9.78 Å². The zero-order chi connectivity index (χ0) is 14.8. The molecule has 1 heterocycles. The molecular weight excluding hydrogens is 265 g/mol. The van der Waals surface area contributed by atoms with E-state index in [0.29, 0.717) is 6.54 Å². The van der Waals surface area contributed by atoms with Gasteiger partial charge in [-0.25, -0.2) is 9.07 Å². The summed E-state index contributed by atoms with van der Waals surface area (Å²) in [5.41, 5.74) is 10.5. The number of aromatic nitrogens is 2.